The lowest BCUT2D eigenvalue weighted by atomic mass is 9.92. The third-order valence-electron chi connectivity index (χ3n) is 3.44. The number of allylic oxidation sites excluding steroid dienone is 3. The topological polar surface area (TPSA) is 69.7 Å². The second-order valence-corrected chi connectivity index (χ2v) is 7.55. The first-order valence-corrected chi connectivity index (χ1v) is 8.53. The molecule has 0 saturated carbocycles. The minimum Gasteiger partial charge on any atom is -0.457 e. The molecule has 0 fully saturated rings. The quantitative estimate of drug-likeness (QED) is 0.370. The molecule has 1 unspecified atom stereocenters. The minimum atomic E-state index is -1.93. The number of Topliss-reactive ketones (excluding diaryl/α,β-unsaturated/α-hetero) is 1. The van der Waals surface area contributed by atoms with Crippen molar-refractivity contribution in [2.45, 2.75) is 85.9 Å². The molecule has 5 heteroatoms. The van der Waals surface area contributed by atoms with Gasteiger partial charge < -0.3 is 9.47 Å². The van der Waals surface area contributed by atoms with Crippen molar-refractivity contribution in [3.05, 3.63) is 23.3 Å². The van der Waals surface area contributed by atoms with Crippen LogP contribution in [0.2, 0.25) is 0 Å². The highest BCUT2D eigenvalue weighted by molar-refractivity contribution is 6.07. The van der Waals surface area contributed by atoms with Gasteiger partial charge in [-0.2, -0.15) is 0 Å². The van der Waals surface area contributed by atoms with E-state index in [9.17, 15) is 14.4 Å². The molecule has 0 heterocycles. The van der Waals surface area contributed by atoms with Gasteiger partial charge >= 0.3 is 11.9 Å². The lowest BCUT2D eigenvalue weighted by Gasteiger charge is -2.31. The Morgan fingerprint density at radius 2 is 1.44 bits per heavy atom. The Labute approximate surface area is 151 Å². The predicted octanol–water partition coefficient (Wildman–Crippen LogP) is 4.30. The standard InChI is InChI=1S/C20H32O5/c1-14(2)10-9-11-15(3)12-13-20(16(4)21,24-17(5)22)18(23)25-19(6,7)8/h10,12H,9,11,13H2,1-8H3. The van der Waals surface area contributed by atoms with Crippen LogP contribution in [0.15, 0.2) is 23.3 Å². The van der Waals surface area contributed by atoms with Crippen molar-refractivity contribution < 1.29 is 23.9 Å². The summed E-state index contributed by atoms with van der Waals surface area (Å²) in [5, 5.41) is 0. The minimum absolute atomic E-state index is 0.0303. The van der Waals surface area contributed by atoms with Crippen molar-refractivity contribution in [3.63, 3.8) is 0 Å². The highest BCUT2D eigenvalue weighted by atomic mass is 16.6. The fourth-order valence-electron chi connectivity index (χ4n) is 2.14. The van der Waals surface area contributed by atoms with E-state index < -0.39 is 28.9 Å². The van der Waals surface area contributed by atoms with E-state index in [1.165, 1.54) is 19.4 Å². The van der Waals surface area contributed by atoms with Crippen molar-refractivity contribution in [2.75, 3.05) is 0 Å². The maximum Gasteiger partial charge on any atom is 0.359 e. The number of carbonyl (C=O) groups is 3. The molecule has 0 aromatic carbocycles. The Bertz CT molecular complexity index is 559. The van der Waals surface area contributed by atoms with Crippen molar-refractivity contribution in [3.8, 4) is 0 Å². The van der Waals surface area contributed by atoms with E-state index in [4.69, 9.17) is 9.47 Å². The molecule has 0 aliphatic heterocycles. The van der Waals surface area contributed by atoms with Gasteiger partial charge in [-0.05, 0) is 61.3 Å². The third-order valence-corrected chi connectivity index (χ3v) is 3.44. The highest BCUT2D eigenvalue weighted by Crippen LogP contribution is 2.25. The number of ether oxygens (including phenoxy) is 2. The summed E-state index contributed by atoms with van der Waals surface area (Å²) in [5.41, 5.74) is -0.477. The van der Waals surface area contributed by atoms with Crippen LogP contribution < -0.4 is 0 Å². The second kappa shape index (κ2) is 9.54. The Hall–Kier alpha value is -1.91. The van der Waals surface area contributed by atoms with E-state index in [-0.39, 0.29) is 6.42 Å². The average Bonchev–Trinajstić information content (AvgIpc) is 2.40. The number of ketones is 1. The molecule has 25 heavy (non-hydrogen) atoms. The van der Waals surface area contributed by atoms with Crippen LogP contribution >= 0.6 is 0 Å². The summed E-state index contributed by atoms with van der Waals surface area (Å²) in [4.78, 5) is 36.4. The van der Waals surface area contributed by atoms with E-state index in [1.807, 2.05) is 20.8 Å². The smallest absolute Gasteiger partial charge is 0.359 e. The Morgan fingerprint density at radius 3 is 1.84 bits per heavy atom. The van der Waals surface area contributed by atoms with Crippen LogP contribution in [-0.2, 0) is 23.9 Å². The summed E-state index contributed by atoms with van der Waals surface area (Å²) >= 11 is 0. The van der Waals surface area contributed by atoms with Gasteiger partial charge in [0, 0.05) is 13.3 Å². The molecule has 0 aromatic rings. The van der Waals surface area contributed by atoms with Gasteiger partial charge in [0.05, 0.1) is 0 Å². The van der Waals surface area contributed by atoms with Crippen molar-refractivity contribution in [1.29, 1.82) is 0 Å². The van der Waals surface area contributed by atoms with Crippen LogP contribution in [0.5, 0.6) is 0 Å². The zero-order valence-corrected chi connectivity index (χ0v) is 16.8. The third kappa shape index (κ3) is 8.66. The Balaban J connectivity index is 5.51. The molecule has 0 amide bonds. The first kappa shape index (κ1) is 23.1. The van der Waals surface area contributed by atoms with Gasteiger partial charge in [0.2, 0.25) is 0 Å². The molecule has 5 nitrogen and oxygen atoms in total. The van der Waals surface area contributed by atoms with Crippen LogP contribution in [0.1, 0.15) is 74.7 Å². The van der Waals surface area contributed by atoms with Crippen LogP contribution in [0.4, 0.5) is 0 Å². The summed E-state index contributed by atoms with van der Waals surface area (Å²) in [7, 11) is 0. The summed E-state index contributed by atoms with van der Waals surface area (Å²) in [6.45, 7) is 13.5. The molecule has 0 N–H and O–H groups in total. The van der Waals surface area contributed by atoms with Gasteiger partial charge in [0.1, 0.15) is 5.60 Å². The van der Waals surface area contributed by atoms with Gasteiger partial charge in [-0.25, -0.2) is 4.79 Å². The molecule has 142 valence electrons. The van der Waals surface area contributed by atoms with Crippen LogP contribution in [-0.4, -0.2) is 28.9 Å². The van der Waals surface area contributed by atoms with E-state index in [0.29, 0.717) is 0 Å². The predicted molar refractivity (Wildman–Crippen MR) is 98.1 cm³/mol. The highest BCUT2D eigenvalue weighted by Gasteiger charge is 2.49. The maximum atomic E-state index is 12.6. The molecule has 0 aliphatic rings. The monoisotopic (exact) mass is 352 g/mol. The lowest BCUT2D eigenvalue weighted by Crippen LogP contribution is -2.51. The van der Waals surface area contributed by atoms with Crippen molar-refractivity contribution >= 4 is 17.7 Å². The molecule has 0 bridgehead atoms. The molecule has 0 rings (SSSR count). The van der Waals surface area contributed by atoms with E-state index in [1.54, 1.807) is 26.8 Å². The second-order valence-electron chi connectivity index (χ2n) is 7.55. The molecule has 1 atom stereocenters. The fraction of sp³-hybridized carbons (Fsp3) is 0.650. The van der Waals surface area contributed by atoms with Crippen LogP contribution in [0, 0.1) is 0 Å². The largest absolute Gasteiger partial charge is 0.457 e. The average molecular weight is 352 g/mol. The lowest BCUT2D eigenvalue weighted by molar-refractivity contribution is -0.191. The summed E-state index contributed by atoms with van der Waals surface area (Å²) < 4.78 is 10.5. The zero-order valence-electron chi connectivity index (χ0n) is 16.8. The molecule has 0 aliphatic carbocycles. The van der Waals surface area contributed by atoms with E-state index >= 15 is 0 Å². The van der Waals surface area contributed by atoms with Gasteiger partial charge in [-0.15, -0.1) is 0 Å². The first-order chi connectivity index (χ1) is 11.3. The normalized spacial score (nSPS) is 14.3. The molecular formula is C20H32O5. The molecular weight excluding hydrogens is 320 g/mol. The summed E-state index contributed by atoms with van der Waals surface area (Å²) in [6.07, 6.45) is 5.53. The van der Waals surface area contributed by atoms with Crippen molar-refractivity contribution in [2.24, 2.45) is 0 Å². The van der Waals surface area contributed by atoms with Gasteiger partial charge in [0.15, 0.2) is 5.78 Å². The van der Waals surface area contributed by atoms with Gasteiger partial charge in [-0.3, -0.25) is 9.59 Å². The summed E-state index contributed by atoms with van der Waals surface area (Å²) in [5.74, 6) is -2.09. The van der Waals surface area contributed by atoms with Crippen molar-refractivity contribution in [1.82, 2.24) is 0 Å². The molecule has 0 radical (unpaired) electrons. The maximum absolute atomic E-state index is 12.6. The fourth-order valence-corrected chi connectivity index (χ4v) is 2.14. The number of hydrogen-bond donors (Lipinski definition) is 0. The molecule has 0 spiro atoms. The van der Waals surface area contributed by atoms with E-state index in [2.05, 4.69) is 6.08 Å². The van der Waals surface area contributed by atoms with Gasteiger partial charge in [-0.1, -0.05) is 23.3 Å². The van der Waals surface area contributed by atoms with Crippen LogP contribution in [0.3, 0.4) is 0 Å². The SMILES string of the molecule is CC(=O)OC(CC=C(C)CCC=C(C)C)(C(C)=O)C(=O)OC(C)(C)C. The first-order valence-electron chi connectivity index (χ1n) is 8.53. The Kier molecular flexibility index (Phi) is 8.81. The number of hydrogen-bond acceptors (Lipinski definition) is 5. The number of esters is 2. The molecule has 0 aromatic heterocycles. The zero-order chi connectivity index (χ0) is 19.8. The van der Waals surface area contributed by atoms with Gasteiger partial charge in [0.25, 0.3) is 5.60 Å². The number of carbonyl (C=O) groups excluding carboxylic acids is 3. The van der Waals surface area contributed by atoms with Crippen LogP contribution in [0.25, 0.3) is 0 Å². The molecule has 0 saturated heterocycles. The van der Waals surface area contributed by atoms with E-state index in [0.717, 1.165) is 18.4 Å². The Morgan fingerprint density at radius 1 is 0.880 bits per heavy atom. The summed E-state index contributed by atoms with van der Waals surface area (Å²) in [6, 6.07) is 0. The number of rotatable bonds is 8.